The van der Waals surface area contributed by atoms with E-state index >= 15 is 0 Å². The summed E-state index contributed by atoms with van der Waals surface area (Å²) in [6.45, 7) is 1.68. The standard InChI is InChI=1S/C16H19BrN4O/c1-18-16-19-9-8-15(20-16)21-10-2-3-13(21)11-22-14-6-4-12(17)5-7-14/h4-9,13H,2-3,10-11H2,1H3,(H,18,19,20)/t13-/m0/s1. The molecule has 2 aromatic rings. The van der Waals surface area contributed by atoms with Crippen LogP contribution in [0.4, 0.5) is 11.8 Å². The number of benzene rings is 1. The number of halogens is 1. The van der Waals surface area contributed by atoms with Crippen molar-refractivity contribution < 1.29 is 4.74 Å². The van der Waals surface area contributed by atoms with Gasteiger partial charge in [-0.2, -0.15) is 4.98 Å². The molecule has 1 N–H and O–H groups in total. The minimum atomic E-state index is 0.350. The second kappa shape index (κ2) is 6.96. The number of nitrogens with one attached hydrogen (secondary N) is 1. The number of aromatic nitrogens is 2. The van der Waals surface area contributed by atoms with Gasteiger partial charge in [0, 0.05) is 24.3 Å². The zero-order valence-electron chi connectivity index (χ0n) is 12.5. The number of hydrogen-bond donors (Lipinski definition) is 1. The zero-order chi connectivity index (χ0) is 15.4. The predicted molar refractivity (Wildman–Crippen MR) is 91.6 cm³/mol. The minimum Gasteiger partial charge on any atom is -0.491 e. The lowest BCUT2D eigenvalue weighted by molar-refractivity contribution is 0.288. The third-order valence-corrected chi connectivity index (χ3v) is 4.32. The fourth-order valence-electron chi connectivity index (χ4n) is 2.66. The molecule has 22 heavy (non-hydrogen) atoms. The number of anilines is 2. The van der Waals surface area contributed by atoms with Gasteiger partial charge in [0.25, 0.3) is 0 Å². The molecule has 116 valence electrons. The van der Waals surface area contributed by atoms with Crippen LogP contribution in [0.15, 0.2) is 41.0 Å². The van der Waals surface area contributed by atoms with Crippen molar-refractivity contribution in [2.24, 2.45) is 0 Å². The van der Waals surface area contributed by atoms with Gasteiger partial charge in [-0.3, -0.25) is 0 Å². The molecule has 0 radical (unpaired) electrons. The average Bonchev–Trinajstić information content (AvgIpc) is 3.03. The summed E-state index contributed by atoms with van der Waals surface area (Å²) in [5, 5.41) is 2.98. The first-order valence-corrected chi connectivity index (χ1v) is 8.21. The second-order valence-electron chi connectivity index (χ2n) is 5.24. The molecule has 1 aliphatic heterocycles. The van der Waals surface area contributed by atoms with Gasteiger partial charge in [-0.05, 0) is 43.2 Å². The molecule has 3 rings (SSSR count). The van der Waals surface area contributed by atoms with E-state index in [9.17, 15) is 0 Å². The number of hydrogen-bond acceptors (Lipinski definition) is 5. The van der Waals surface area contributed by atoms with Crippen molar-refractivity contribution in [1.82, 2.24) is 9.97 Å². The summed E-state index contributed by atoms with van der Waals surface area (Å²) in [7, 11) is 1.83. The van der Waals surface area contributed by atoms with Crippen LogP contribution in [0.2, 0.25) is 0 Å². The lowest BCUT2D eigenvalue weighted by Gasteiger charge is -2.25. The molecule has 0 bridgehead atoms. The van der Waals surface area contributed by atoms with Crippen LogP contribution in [-0.4, -0.2) is 36.2 Å². The smallest absolute Gasteiger partial charge is 0.224 e. The van der Waals surface area contributed by atoms with E-state index in [2.05, 4.69) is 36.1 Å². The normalized spacial score (nSPS) is 17.5. The van der Waals surface area contributed by atoms with Crippen LogP contribution in [0.1, 0.15) is 12.8 Å². The summed E-state index contributed by atoms with van der Waals surface area (Å²) in [6.07, 6.45) is 4.07. The van der Waals surface area contributed by atoms with Crippen LogP contribution in [0, 0.1) is 0 Å². The molecule has 1 saturated heterocycles. The largest absolute Gasteiger partial charge is 0.491 e. The summed E-state index contributed by atoms with van der Waals surface area (Å²) >= 11 is 3.43. The Morgan fingerprint density at radius 1 is 1.32 bits per heavy atom. The predicted octanol–water partition coefficient (Wildman–Crippen LogP) is 3.33. The molecule has 1 atom stereocenters. The molecular formula is C16H19BrN4O. The highest BCUT2D eigenvalue weighted by Gasteiger charge is 2.26. The van der Waals surface area contributed by atoms with Crippen molar-refractivity contribution in [3.8, 4) is 5.75 Å². The van der Waals surface area contributed by atoms with Crippen molar-refractivity contribution in [3.05, 3.63) is 41.0 Å². The maximum absolute atomic E-state index is 5.93. The van der Waals surface area contributed by atoms with E-state index in [1.807, 2.05) is 37.4 Å². The first-order chi connectivity index (χ1) is 10.8. The van der Waals surface area contributed by atoms with Crippen LogP contribution in [0.5, 0.6) is 5.75 Å². The Balaban J connectivity index is 1.66. The van der Waals surface area contributed by atoms with Gasteiger partial charge in [0.2, 0.25) is 5.95 Å². The third kappa shape index (κ3) is 3.50. The fraction of sp³-hybridized carbons (Fsp3) is 0.375. The Morgan fingerprint density at radius 2 is 2.14 bits per heavy atom. The highest BCUT2D eigenvalue weighted by Crippen LogP contribution is 2.25. The summed E-state index contributed by atoms with van der Waals surface area (Å²) in [4.78, 5) is 11.0. The van der Waals surface area contributed by atoms with Gasteiger partial charge in [0.1, 0.15) is 18.2 Å². The first-order valence-electron chi connectivity index (χ1n) is 7.42. The van der Waals surface area contributed by atoms with Gasteiger partial charge < -0.3 is 15.0 Å². The Kier molecular flexibility index (Phi) is 4.77. The minimum absolute atomic E-state index is 0.350. The molecule has 5 nitrogen and oxygen atoms in total. The third-order valence-electron chi connectivity index (χ3n) is 3.79. The Morgan fingerprint density at radius 3 is 2.91 bits per heavy atom. The van der Waals surface area contributed by atoms with Crippen LogP contribution < -0.4 is 15.0 Å². The van der Waals surface area contributed by atoms with Crippen molar-refractivity contribution in [2.75, 3.05) is 30.4 Å². The van der Waals surface area contributed by atoms with Crippen LogP contribution in [-0.2, 0) is 0 Å². The molecule has 0 spiro atoms. The van der Waals surface area contributed by atoms with Crippen molar-refractivity contribution in [3.63, 3.8) is 0 Å². The van der Waals surface area contributed by atoms with Gasteiger partial charge >= 0.3 is 0 Å². The fourth-order valence-corrected chi connectivity index (χ4v) is 2.93. The van der Waals surface area contributed by atoms with E-state index in [4.69, 9.17) is 4.74 Å². The SMILES string of the molecule is CNc1nccc(N2CCC[C@H]2COc2ccc(Br)cc2)n1. The average molecular weight is 363 g/mol. The molecule has 2 heterocycles. The van der Waals surface area contributed by atoms with Crippen LogP contribution in [0.3, 0.4) is 0 Å². The van der Waals surface area contributed by atoms with Crippen LogP contribution >= 0.6 is 15.9 Å². The molecule has 1 fully saturated rings. The number of nitrogens with zero attached hydrogens (tertiary/aromatic N) is 3. The lowest BCUT2D eigenvalue weighted by atomic mass is 10.2. The summed E-state index contributed by atoms with van der Waals surface area (Å²) in [5.41, 5.74) is 0. The molecular weight excluding hydrogens is 344 g/mol. The van der Waals surface area contributed by atoms with E-state index in [0.717, 1.165) is 35.4 Å². The van der Waals surface area contributed by atoms with Gasteiger partial charge in [0.05, 0.1) is 6.04 Å². The molecule has 1 aromatic heterocycles. The van der Waals surface area contributed by atoms with Gasteiger partial charge in [-0.1, -0.05) is 15.9 Å². The van der Waals surface area contributed by atoms with Crippen molar-refractivity contribution >= 4 is 27.7 Å². The Hall–Kier alpha value is -1.82. The summed E-state index contributed by atoms with van der Waals surface area (Å²) in [5.74, 6) is 2.51. The van der Waals surface area contributed by atoms with E-state index in [-0.39, 0.29) is 0 Å². The summed E-state index contributed by atoms with van der Waals surface area (Å²) < 4.78 is 6.99. The lowest BCUT2D eigenvalue weighted by Crippen LogP contribution is -2.34. The highest BCUT2D eigenvalue weighted by atomic mass is 79.9. The van der Waals surface area contributed by atoms with Crippen LogP contribution in [0.25, 0.3) is 0 Å². The summed E-state index contributed by atoms with van der Waals surface area (Å²) in [6, 6.07) is 10.2. The zero-order valence-corrected chi connectivity index (χ0v) is 14.1. The van der Waals surface area contributed by atoms with E-state index in [0.29, 0.717) is 18.6 Å². The molecule has 1 aromatic carbocycles. The quantitative estimate of drug-likeness (QED) is 0.883. The maximum Gasteiger partial charge on any atom is 0.224 e. The van der Waals surface area contributed by atoms with Gasteiger partial charge in [0.15, 0.2) is 0 Å². The van der Waals surface area contributed by atoms with Gasteiger partial charge in [-0.25, -0.2) is 4.98 Å². The molecule has 0 aliphatic carbocycles. The first kappa shape index (κ1) is 15.1. The van der Waals surface area contributed by atoms with Crippen molar-refractivity contribution in [1.29, 1.82) is 0 Å². The number of ether oxygens (including phenoxy) is 1. The Labute approximate surface area is 138 Å². The monoisotopic (exact) mass is 362 g/mol. The second-order valence-corrected chi connectivity index (χ2v) is 6.16. The van der Waals surface area contributed by atoms with E-state index in [1.165, 1.54) is 0 Å². The molecule has 0 amide bonds. The van der Waals surface area contributed by atoms with Crippen molar-refractivity contribution in [2.45, 2.75) is 18.9 Å². The maximum atomic E-state index is 5.93. The molecule has 0 saturated carbocycles. The molecule has 1 aliphatic rings. The topological polar surface area (TPSA) is 50.3 Å². The highest BCUT2D eigenvalue weighted by molar-refractivity contribution is 9.10. The molecule has 6 heteroatoms. The van der Waals surface area contributed by atoms with E-state index in [1.54, 1.807) is 6.20 Å². The Bertz CT molecular complexity index is 620. The number of rotatable bonds is 5. The van der Waals surface area contributed by atoms with Gasteiger partial charge in [-0.15, -0.1) is 0 Å². The molecule has 0 unspecified atom stereocenters. The van der Waals surface area contributed by atoms with E-state index < -0.39 is 0 Å².